The summed E-state index contributed by atoms with van der Waals surface area (Å²) in [7, 11) is 1.59. The van der Waals surface area contributed by atoms with Gasteiger partial charge >= 0.3 is 5.97 Å². The van der Waals surface area contributed by atoms with Crippen molar-refractivity contribution in [2.24, 2.45) is 5.92 Å². The zero-order chi connectivity index (χ0) is 34.1. The first-order valence-corrected chi connectivity index (χ1v) is 16.8. The Bertz CT molecular complexity index is 2070. The lowest BCUT2D eigenvalue weighted by Gasteiger charge is -2.36. The van der Waals surface area contributed by atoms with Crippen LogP contribution in [0.1, 0.15) is 24.0 Å². The summed E-state index contributed by atoms with van der Waals surface area (Å²) in [6.07, 6.45) is 5.02. The summed E-state index contributed by atoms with van der Waals surface area (Å²) in [4.78, 5) is 38.9. The smallest absolute Gasteiger partial charge is 0.309 e. The van der Waals surface area contributed by atoms with Crippen LogP contribution in [0, 0.1) is 5.92 Å². The molecule has 10 nitrogen and oxygen atoms in total. The first kappa shape index (κ1) is 32.9. The van der Waals surface area contributed by atoms with Gasteiger partial charge in [0.1, 0.15) is 0 Å². The highest BCUT2D eigenvalue weighted by atomic mass is 35.5. The van der Waals surface area contributed by atoms with Gasteiger partial charge in [-0.05, 0) is 30.2 Å². The molecule has 3 N–H and O–H groups in total. The normalized spacial score (nSPS) is 16.5. The van der Waals surface area contributed by atoms with Gasteiger partial charge in [-0.2, -0.15) is 0 Å². The Hall–Kier alpha value is -4.61. The monoisotopic (exact) mass is 696 g/mol. The number of carbonyl (C=O) groups is 2. The van der Waals surface area contributed by atoms with E-state index in [1.165, 1.54) is 0 Å². The van der Waals surface area contributed by atoms with Gasteiger partial charge in [-0.25, -0.2) is 4.98 Å². The number of hydrogen-bond donors (Lipinski definition) is 3. The van der Waals surface area contributed by atoms with Crippen molar-refractivity contribution in [2.75, 3.05) is 26.7 Å². The van der Waals surface area contributed by atoms with Crippen LogP contribution < -0.4 is 15.4 Å². The van der Waals surface area contributed by atoms with Crippen molar-refractivity contribution in [1.82, 2.24) is 30.5 Å². The summed E-state index contributed by atoms with van der Waals surface area (Å²) in [5.41, 5.74) is 7.06. The minimum absolute atomic E-state index is 0.0958. The van der Waals surface area contributed by atoms with E-state index < -0.39 is 5.97 Å². The fraction of sp³-hybridized carbons (Fsp3) is 0.270. The molecule has 0 unspecified atom stereocenters. The maximum absolute atomic E-state index is 11.5. The Morgan fingerprint density at radius 3 is 2.37 bits per heavy atom. The van der Waals surface area contributed by atoms with Crippen molar-refractivity contribution in [1.29, 1.82) is 0 Å². The Balaban J connectivity index is 1.11. The van der Waals surface area contributed by atoms with E-state index >= 15 is 0 Å². The average molecular weight is 698 g/mol. The number of rotatable bonds is 11. The molecule has 0 bridgehead atoms. The predicted octanol–water partition coefficient (Wildman–Crippen LogP) is 6.23. The largest absolute Gasteiger partial charge is 0.481 e. The van der Waals surface area contributed by atoms with Crippen LogP contribution in [0.5, 0.6) is 5.88 Å². The Morgan fingerprint density at radius 2 is 1.69 bits per heavy atom. The number of carbonyl (C=O) groups excluding carboxylic acids is 1. The molecule has 250 valence electrons. The van der Waals surface area contributed by atoms with Gasteiger partial charge in [-0.15, -0.1) is 0 Å². The lowest BCUT2D eigenvalue weighted by Crippen LogP contribution is -2.49. The highest BCUT2D eigenvalue weighted by Crippen LogP contribution is 2.42. The van der Waals surface area contributed by atoms with Crippen molar-refractivity contribution in [3.05, 3.63) is 94.2 Å². The first-order chi connectivity index (χ1) is 23.8. The molecule has 2 aliphatic heterocycles. The van der Waals surface area contributed by atoms with Gasteiger partial charge < -0.3 is 20.5 Å². The Morgan fingerprint density at radius 1 is 0.980 bits per heavy atom. The van der Waals surface area contributed by atoms with E-state index in [4.69, 9.17) is 43.0 Å². The van der Waals surface area contributed by atoms with E-state index in [0.29, 0.717) is 66.5 Å². The molecule has 5 aromatic rings. The molecule has 0 radical (unpaired) electrons. The molecule has 12 heteroatoms. The van der Waals surface area contributed by atoms with Gasteiger partial charge in [0.25, 0.3) is 0 Å². The van der Waals surface area contributed by atoms with Crippen LogP contribution in [0.25, 0.3) is 44.5 Å². The molecule has 1 atom stereocenters. The number of halogens is 2. The number of hydrogen-bond acceptors (Lipinski definition) is 8. The molecule has 49 heavy (non-hydrogen) atoms. The standard InChI is InChI=1S/C37H34Cl2N6O4/c1-49-36-22(15-40-17-25-9-11-33(46)43-25)8-10-30(44-36)28-6-2-4-26(34(28)38)27-5-3-7-29(35(27)39)32-13-31-23(16-42-32)12-21(14-41-31)18-45-19-24(20-45)37(47)48/h2-8,10,12-14,16,24-25,40H,9,11,15,17-20H2,1H3,(H,43,46)(H,47,48)/t25-/m0/s1. The van der Waals surface area contributed by atoms with E-state index in [0.717, 1.165) is 50.7 Å². The van der Waals surface area contributed by atoms with E-state index in [2.05, 4.69) is 20.5 Å². The minimum atomic E-state index is -0.747. The number of amides is 1. The van der Waals surface area contributed by atoms with Crippen LogP contribution in [-0.4, -0.2) is 69.6 Å². The number of carboxylic acid groups (broad SMARTS) is 1. The van der Waals surface area contributed by atoms with Crippen LogP contribution in [-0.2, 0) is 22.7 Å². The van der Waals surface area contributed by atoms with Crippen molar-refractivity contribution in [3.8, 4) is 39.5 Å². The van der Waals surface area contributed by atoms with Crippen molar-refractivity contribution in [2.45, 2.75) is 32.0 Å². The fourth-order valence-electron chi connectivity index (χ4n) is 6.43. The first-order valence-electron chi connectivity index (χ1n) is 16.1. The van der Waals surface area contributed by atoms with Crippen LogP contribution in [0.4, 0.5) is 0 Å². The van der Waals surface area contributed by atoms with E-state index in [1.54, 1.807) is 13.3 Å². The lowest BCUT2D eigenvalue weighted by atomic mass is 9.98. The number of methoxy groups -OCH3 is 1. The van der Waals surface area contributed by atoms with E-state index in [9.17, 15) is 9.59 Å². The predicted molar refractivity (Wildman–Crippen MR) is 189 cm³/mol. The average Bonchev–Trinajstić information content (AvgIpc) is 3.50. The second-order valence-electron chi connectivity index (χ2n) is 12.5. The molecule has 2 aliphatic rings. The minimum Gasteiger partial charge on any atom is -0.481 e. The molecule has 0 spiro atoms. The number of pyridine rings is 3. The van der Waals surface area contributed by atoms with E-state index in [1.807, 2.05) is 66.9 Å². The molecule has 2 saturated heterocycles. The molecule has 0 saturated carbocycles. The number of nitrogens with one attached hydrogen (secondary N) is 2. The quantitative estimate of drug-likeness (QED) is 0.147. The molecular weight excluding hydrogens is 663 g/mol. The number of benzene rings is 2. The summed E-state index contributed by atoms with van der Waals surface area (Å²) in [6.45, 7) is 2.96. The third-order valence-corrected chi connectivity index (χ3v) is 9.91. The van der Waals surface area contributed by atoms with Gasteiger partial charge in [-0.1, -0.05) is 65.7 Å². The van der Waals surface area contributed by atoms with Gasteiger partial charge in [0.05, 0.1) is 40.0 Å². The van der Waals surface area contributed by atoms with Gasteiger partial charge in [0, 0.05) is 90.8 Å². The SMILES string of the molecule is COc1nc(-c2cccc(-c3cccc(-c4cc5ncc(CN6CC(C(=O)O)C6)cc5cn4)c3Cl)c2Cl)ccc1CNC[C@@H]1CCC(=O)N1. The van der Waals surface area contributed by atoms with Crippen LogP contribution in [0.15, 0.2) is 73.1 Å². The van der Waals surface area contributed by atoms with Crippen molar-refractivity contribution >= 4 is 46.0 Å². The molecule has 1 amide bonds. The number of ether oxygens (including phenoxy) is 1. The summed E-state index contributed by atoms with van der Waals surface area (Å²) < 4.78 is 5.64. The van der Waals surface area contributed by atoms with Crippen LogP contribution in [0.2, 0.25) is 10.0 Å². The Kier molecular flexibility index (Phi) is 9.46. The molecular formula is C37H34Cl2N6O4. The van der Waals surface area contributed by atoms with Crippen molar-refractivity contribution in [3.63, 3.8) is 0 Å². The second-order valence-corrected chi connectivity index (χ2v) is 13.2. The van der Waals surface area contributed by atoms with Gasteiger partial charge in [-0.3, -0.25) is 24.5 Å². The number of aliphatic carboxylic acids is 1. The number of aromatic nitrogens is 3. The molecule has 3 aromatic heterocycles. The highest BCUT2D eigenvalue weighted by molar-refractivity contribution is 6.39. The fourth-order valence-corrected chi connectivity index (χ4v) is 7.08. The molecule has 0 aliphatic carbocycles. The van der Waals surface area contributed by atoms with Crippen LogP contribution >= 0.6 is 23.2 Å². The third kappa shape index (κ3) is 6.95. The second kappa shape index (κ2) is 14.1. The summed E-state index contributed by atoms with van der Waals surface area (Å²) >= 11 is 14.2. The summed E-state index contributed by atoms with van der Waals surface area (Å²) in [5, 5.41) is 17.4. The molecule has 7 rings (SSSR count). The highest BCUT2D eigenvalue weighted by Gasteiger charge is 2.32. The maximum Gasteiger partial charge on any atom is 0.309 e. The van der Waals surface area contributed by atoms with Gasteiger partial charge in [0.15, 0.2) is 0 Å². The molecule has 2 fully saturated rings. The van der Waals surface area contributed by atoms with Gasteiger partial charge in [0.2, 0.25) is 11.8 Å². The van der Waals surface area contributed by atoms with Crippen LogP contribution in [0.3, 0.4) is 0 Å². The summed E-state index contributed by atoms with van der Waals surface area (Å²) in [5.74, 6) is -0.450. The number of carboxylic acids is 1. The van der Waals surface area contributed by atoms with Crippen molar-refractivity contribution < 1.29 is 19.4 Å². The zero-order valence-electron chi connectivity index (χ0n) is 26.7. The molecule has 5 heterocycles. The molecule has 2 aromatic carbocycles. The Labute approximate surface area is 293 Å². The number of likely N-dealkylation sites (tertiary alicyclic amines) is 1. The number of nitrogens with zero attached hydrogens (tertiary/aromatic N) is 4. The number of fused-ring (bicyclic) bond motifs is 1. The zero-order valence-corrected chi connectivity index (χ0v) is 28.3. The van der Waals surface area contributed by atoms with E-state index in [-0.39, 0.29) is 17.9 Å². The summed E-state index contributed by atoms with van der Waals surface area (Å²) in [6, 6.07) is 19.6. The lowest BCUT2D eigenvalue weighted by molar-refractivity contribution is -0.147. The third-order valence-electron chi connectivity index (χ3n) is 9.10. The maximum atomic E-state index is 11.5. The topological polar surface area (TPSA) is 130 Å².